The van der Waals surface area contributed by atoms with Crippen LogP contribution in [0.5, 0.6) is 0 Å². The van der Waals surface area contributed by atoms with Gasteiger partial charge in [0.1, 0.15) is 18.7 Å². The monoisotopic (exact) mass is 464 g/mol. The van der Waals surface area contributed by atoms with Gasteiger partial charge in [-0.1, -0.05) is 30.3 Å². The molecule has 3 atom stereocenters. The lowest BCUT2D eigenvalue weighted by molar-refractivity contribution is -0.159. The zero-order chi connectivity index (χ0) is 24.4. The van der Waals surface area contributed by atoms with Gasteiger partial charge in [-0.3, -0.25) is 19.3 Å². The molecule has 0 radical (unpaired) electrons. The van der Waals surface area contributed by atoms with Crippen molar-refractivity contribution in [1.29, 1.82) is 0 Å². The third-order valence-electron chi connectivity index (χ3n) is 5.27. The summed E-state index contributed by atoms with van der Waals surface area (Å²) >= 11 is 0. The van der Waals surface area contributed by atoms with Crippen LogP contribution >= 0.6 is 0 Å². The SMILES string of the molecule is COC(=O)C[C@H](C(=O)OC)[C@H](NC(=O)[C@H]1CCCN1C(=O)OCc1ccccc1)C(=O)OC. The van der Waals surface area contributed by atoms with E-state index in [9.17, 15) is 24.0 Å². The van der Waals surface area contributed by atoms with E-state index in [0.717, 1.165) is 26.9 Å². The molecule has 1 aliphatic rings. The van der Waals surface area contributed by atoms with E-state index in [-0.39, 0.29) is 13.2 Å². The van der Waals surface area contributed by atoms with Crippen LogP contribution in [0.2, 0.25) is 0 Å². The molecule has 1 aliphatic heterocycles. The molecule has 0 bridgehead atoms. The molecule has 11 nitrogen and oxygen atoms in total. The Kier molecular flexibility index (Phi) is 9.64. The molecule has 1 fully saturated rings. The smallest absolute Gasteiger partial charge is 0.410 e. The minimum atomic E-state index is -1.52. The Morgan fingerprint density at radius 1 is 1.00 bits per heavy atom. The third kappa shape index (κ3) is 6.93. The van der Waals surface area contributed by atoms with Gasteiger partial charge in [0.05, 0.1) is 33.7 Å². The summed E-state index contributed by atoms with van der Waals surface area (Å²) in [6, 6.07) is 6.63. The highest BCUT2D eigenvalue weighted by molar-refractivity contribution is 5.93. The van der Waals surface area contributed by atoms with Crippen molar-refractivity contribution >= 4 is 29.9 Å². The average Bonchev–Trinajstić information content (AvgIpc) is 3.34. The van der Waals surface area contributed by atoms with Crippen LogP contribution in [0.3, 0.4) is 0 Å². The van der Waals surface area contributed by atoms with Crippen LogP contribution in [-0.2, 0) is 44.7 Å². The third-order valence-corrected chi connectivity index (χ3v) is 5.27. The van der Waals surface area contributed by atoms with Crippen LogP contribution in [0.25, 0.3) is 0 Å². The molecule has 1 saturated heterocycles. The average molecular weight is 464 g/mol. The molecular formula is C22H28N2O9. The molecule has 2 amide bonds. The topological polar surface area (TPSA) is 138 Å². The first-order chi connectivity index (χ1) is 15.8. The van der Waals surface area contributed by atoms with Crippen LogP contribution in [-0.4, -0.2) is 74.8 Å². The highest BCUT2D eigenvalue weighted by atomic mass is 16.6. The molecule has 0 spiro atoms. The van der Waals surface area contributed by atoms with Gasteiger partial charge in [0, 0.05) is 6.54 Å². The number of nitrogens with one attached hydrogen (secondary N) is 1. The first-order valence-electron chi connectivity index (χ1n) is 10.3. The van der Waals surface area contributed by atoms with Gasteiger partial charge in [-0.15, -0.1) is 0 Å². The number of ether oxygens (including phenoxy) is 4. The number of amides is 2. The maximum Gasteiger partial charge on any atom is 0.410 e. The van der Waals surface area contributed by atoms with E-state index in [0.29, 0.717) is 12.8 Å². The second-order valence-electron chi connectivity index (χ2n) is 7.31. The van der Waals surface area contributed by atoms with Crippen molar-refractivity contribution in [3.63, 3.8) is 0 Å². The number of rotatable bonds is 9. The Hall–Kier alpha value is -3.63. The number of carbonyl (C=O) groups is 5. The summed E-state index contributed by atoms with van der Waals surface area (Å²) in [6.07, 6.45) is -0.314. The first kappa shape index (κ1) is 25.6. The summed E-state index contributed by atoms with van der Waals surface area (Å²) in [6.45, 7) is 0.329. The fraction of sp³-hybridized carbons (Fsp3) is 0.500. The highest BCUT2D eigenvalue weighted by Crippen LogP contribution is 2.21. The van der Waals surface area contributed by atoms with Gasteiger partial charge in [-0.05, 0) is 18.4 Å². The summed E-state index contributed by atoms with van der Waals surface area (Å²) in [4.78, 5) is 63.2. The Labute approximate surface area is 191 Å². The zero-order valence-corrected chi connectivity index (χ0v) is 18.8. The van der Waals surface area contributed by atoms with E-state index in [1.54, 1.807) is 12.1 Å². The molecule has 11 heteroatoms. The lowest BCUT2D eigenvalue weighted by Gasteiger charge is -2.27. The molecule has 1 heterocycles. The van der Waals surface area contributed by atoms with Gasteiger partial charge in [-0.2, -0.15) is 0 Å². The number of nitrogens with zero attached hydrogens (tertiary/aromatic N) is 1. The summed E-state index contributed by atoms with van der Waals surface area (Å²) < 4.78 is 19.3. The van der Waals surface area contributed by atoms with Gasteiger partial charge in [-0.25, -0.2) is 9.59 Å². The minimum Gasteiger partial charge on any atom is -0.469 e. The molecule has 0 aliphatic carbocycles. The van der Waals surface area contributed by atoms with Crippen molar-refractivity contribution < 1.29 is 42.9 Å². The van der Waals surface area contributed by atoms with Crippen LogP contribution < -0.4 is 5.32 Å². The van der Waals surface area contributed by atoms with Crippen LogP contribution in [0.15, 0.2) is 30.3 Å². The van der Waals surface area contributed by atoms with Crippen molar-refractivity contribution in [3.05, 3.63) is 35.9 Å². The van der Waals surface area contributed by atoms with E-state index in [1.165, 1.54) is 4.90 Å². The van der Waals surface area contributed by atoms with Crippen molar-refractivity contribution in [3.8, 4) is 0 Å². The lowest BCUT2D eigenvalue weighted by Crippen LogP contribution is -2.55. The summed E-state index contributed by atoms with van der Waals surface area (Å²) in [7, 11) is 3.29. The lowest BCUT2D eigenvalue weighted by atomic mass is 9.95. The fourth-order valence-corrected chi connectivity index (χ4v) is 3.51. The van der Waals surface area contributed by atoms with Crippen LogP contribution in [0, 0.1) is 5.92 Å². The number of methoxy groups -OCH3 is 3. The second kappa shape index (κ2) is 12.4. The van der Waals surface area contributed by atoms with Crippen molar-refractivity contribution in [2.45, 2.75) is 38.0 Å². The number of carbonyl (C=O) groups excluding carboxylic acids is 5. The number of hydrogen-bond donors (Lipinski definition) is 1. The molecule has 2 rings (SSSR count). The fourth-order valence-electron chi connectivity index (χ4n) is 3.51. The molecule has 1 N–H and O–H groups in total. The summed E-state index contributed by atoms with van der Waals surface area (Å²) in [5, 5.41) is 2.44. The zero-order valence-electron chi connectivity index (χ0n) is 18.8. The molecule has 1 aromatic rings. The maximum absolute atomic E-state index is 13.0. The number of likely N-dealkylation sites (tertiary alicyclic amines) is 1. The largest absolute Gasteiger partial charge is 0.469 e. The van der Waals surface area contributed by atoms with Gasteiger partial charge in [0.25, 0.3) is 0 Å². The van der Waals surface area contributed by atoms with Gasteiger partial charge < -0.3 is 24.3 Å². The molecular weight excluding hydrogens is 436 g/mol. The van der Waals surface area contributed by atoms with E-state index < -0.39 is 54.3 Å². The standard InChI is InChI=1S/C22H28N2O9/c1-30-17(25)12-15(20(27)31-2)18(21(28)32-3)23-19(26)16-10-7-11-24(16)22(29)33-13-14-8-5-4-6-9-14/h4-6,8-9,15-16,18H,7,10-13H2,1-3H3,(H,23,26)/t15-,16+,18-/m0/s1. The number of esters is 3. The van der Waals surface area contributed by atoms with E-state index in [4.69, 9.17) is 9.47 Å². The van der Waals surface area contributed by atoms with E-state index in [2.05, 4.69) is 14.8 Å². The Balaban J connectivity index is 2.12. The molecule has 180 valence electrons. The van der Waals surface area contributed by atoms with Gasteiger partial charge in [0.15, 0.2) is 0 Å². The Morgan fingerprint density at radius 3 is 2.27 bits per heavy atom. The van der Waals surface area contributed by atoms with Gasteiger partial charge in [0.2, 0.25) is 5.91 Å². The van der Waals surface area contributed by atoms with Crippen molar-refractivity contribution in [2.75, 3.05) is 27.9 Å². The second-order valence-corrected chi connectivity index (χ2v) is 7.31. The number of benzene rings is 1. The minimum absolute atomic E-state index is 0.0405. The van der Waals surface area contributed by atoms with Crippen molar-refractivity contribution in [2.24, 2.45) is 5.92 Å². The van der Waals surface area contributed by atoms with Crippen molar-refractivity contribution in [1.82, 2.24) is 10.2 Å². The summed E-state index contributed by atoms with van der Waals surface area (Å²) in [5.74, 6) is -4.68. The molecule has 0 aromatic heterocycles. The molecule has 1 aromatic carbocycles. The Bertz CT molecular complexity index is 859. The van der Waals surface area contributed by atoms with Gasteiger partial charge >= 0.3 is 24.0 Å². The predicted octanol–water partition coefficient (Wildman–Crippen LogP) is 0.798. The maximum atomic E-state index is 13.0. The predicted molar refractivity (Wildman–Crippen MR) is 112 cm³/mol. The molecule has 33 heavy (non-hydrogen) atoms. The summed E-state index contributed by atoms with van der Waals surface area (Å²) in [5.41, 5.74) is 0.792. The highest BCUT2D eigenvalue weighted by Gasteiger charge is 2.42. The molecule has 0 unspecified atom stereocenters. The number of hydrogen-bond acceptors (Lipinski definition) is 9. The van der Waals surface area contributed by atoms with Crippen LogP contribution in [0.1, 0.15) is 24.8 Å². The Morgan fingerprint density at radius 2 is 1.67 bits per heavy atom. The quantitative estimate of drug-likeness (QED) is 0.415. The van der Waals surface area contributed by atoms with Crippen LogP contribution in [0.4, 0.5) is 4.79 Å². The van der Waals surface area contributed by atoms with E-state index in [1.807, 2.05) is 18.2 Å². The first-order valence-corrected chi connectivity index (χ1v) is 10.3. The normalized spacial score (nSPS) is 16.8. The van der Waals surface area contributed by atoms with E-state index >= 15 is 0 Å². The molecule has 0 saturated carbocycles.